The summed E-state index contributed by atoms with van der Waals surface area (Å²) in [5.74, 6) is -0.0149. The predicted octanol–water partition coefficient (Wildman–Crippen LogP) is 2.75. The second kappa shape index (κ2) is 6.35. The maximum absolute atomic E-state index is 13.7. The fourth-order valence-corrected chi connectivity index (χ4v) is 2.69. The van der Waals surface area contributed by atoms with E-state index in [-0.39, 0.29) is 11.9 Å². The number of hydrogen-bond acceptors (Lipinski definition) is 3. The monoisotopic (exact) mass is 266 g/mol. The van der Waals surface area contributed by atoms with Gasteiger partial charge >= 0.3 is 0 Å². The molecule has 19 heavy (non-hydrogen) atoms. The van der Waals surface area contributed by atoms with Crippen LogP contribution in [0.3, 0.4) is 0 Å². The van der Waals surface area contributed by atoms with E-state index in [0.29, 0.717) is 17.8 Å². The lowest BCUT2D eigenvalue weighted by Crippen LogP contribution is -2.38. The summed E-state index contributed by atoms with van der Waals surface area (Å²) in [6.45, 7) is 2.07. The molecule has 0 aromatic heterocycles. The first kappa shape index (κ1) is 14.3. The van der Waals surface area contributed by atoms with E-state index >= 15 is 0 Å². The van der Waals surface area contributed by atoms with E-state index in [2.05, 4.69) is 12.2 Å². The highest BCUT2D eigenvalue weighted by Gasteiger charge is 2.20. The molecule has 1 aromatic rings. The van der Waals surface area contributed by atoms with Crippen molar-refractivity contribution >= 4 is 0 Å². The summed E-state index contributed by atoms with van der Waals surface area (Å²) in [7, 11) is 1.48. The molecule has 1 aliphatic carbocycles. The lowest BCUT2D eigenvalue weighted by Gasteiger charge is -2.29. The Kier molecular flexibility index (Phi) is 4.77. The van der Waals surface area contributed by atoms with Gasteiger partial charge in [-0.15, -0.1) is 0 Å². The lowest BCUT2D eigenvalue weighted by molar-refractivity contribution is 0.321. The molecule has 0 aliphatic heterocycles. The average Bonchev–Trinajstić information content (AvgIpc) is 2.41. The Balaban J connectivity index is 1.96. The van der Waals surface area contributed by atoms with E-state index in [0.717, 1.165) is 31.2 Å². The van der Waals surface area contributed by atoms with Gasteiger partial charge in [-0.1, -0.05) is 6.07 Å². The highest BCUT2D eigenvalue weighted by atomic mass is 19.1. The molecule has 0 heterocycles. The number of benzene rings is 1. The summed E-state index contributed by atoms with van der Waals surface area (Å²) >= 11 is 0. The zero-order chi connectivity index (χ0) is 13.8. The van der Waals surface area contributed by atoms with Gasteiger partial charge < -0.3 is 15.8 Å². The molecule has 3 nitrogen and oxygen atoms in total. The van der Waals surface area contributed by atoms with E-state index in [4.69, 9.17) is 10.5 Å². The molecule has 4 heteroatoms. The van der Waals surface area contributed by atoms with Gasteiger partial charge in [0.2, 0.25) is 0 Å². The van der Waals surface area contributed by atoms with Gasteiger partial charge in [0.1, 0.15) is 0 Å². The Hall–Kier alpha value is -1.13. The van der Waals surface area contributed by atoms with Crippen LogP contribution in [0.4, 0.5) is 4.39 Å². The number of nitrogens with two attached hydrogens (primary N) is 1. The van der Waals surface area contributed by atoms with Crippen molar-refractivity contribution in [3.8, 4) is 5.75 Å². The molecule has 1 aromatic carbocycles. The van der Waals surface area contributed by atoms with Crippen LogP contribution in [0, 0.1) is 5.82 Å². The molecular weight excluding hydrogens is 243 g/mol. The molecule has 0 spiro atoms. The molecule has 0 saturated heterocycles. The number of nitrogens with one attached hydrogen (secondary N) is 1. The summed E-state index contributed by atoms with van der Waals surface area (Å²) < 4.78 is 18.6. The average molecular weight is 266 g/mol. The normalized spacial score (nSPS) is 25.1. The molecule has 1 fully saturated rings. The number of hydrogen-bond donors (Lipinski definition) is 2. The van der Waals surface area contributed by atoms with Crippen LogP contribution < -0.4 is 15.8 Å². The standard InChI is InChI=1S/C15H23FN2O/c1-10(18-13-6-4-12(17)5-7-13)11-3-8-15(19-2)14(16)9-11/h3,8-10,12-13,18H,4-7,17H2,1-2H3. The van der Waals surface area contributed by atoms with Gasteiger partial charge in [-0.25, -0.2) is 4.39 Å². The molecule has 1 aliphatic rings. The third-order valence-electron chi connectivity index (χ3n) is 3.93. The minimum Gasteiger partial charge on any atom is -0.494 e. The number of ether oxygens (including phenoxy) is 1. The van der Waals surface area contributed by atoms with Gasteiger partial charge in [0, 0.05) is 18.1 Å². The van der Waals surface area contributed by atoms with E-state index in [1.807, 2.05) is 6.07 Å². The first-order chi connectivity index (χ1) is 9.10. The minimum absolute atomic E-state index is 0.139. The zero-order valence-electron chi connectivity index (χ0n) is 11.7. The van der Waals surface area contributed by atoms with Gasteiger partial charge in [-0.3, -0.25) is 0 Å². The Morgan fingerprint density at radius 1 is 1.32 bits per heavy atom. The van der Waals surface area contributed by atoms with Crippen LogP contribution in [-0.2, 0) is 0 Å². The van der Waals surface area contributed by atoms with Crippen LogP contribution in [0.1, 0.15) is 44.2 Å². The van der Waals surface area contributed by atoms with Gasteiger partial charge in [-0.2, -0.15) is 0 Å². The van der Waals surface area contributed by atoms with Crippen molar-refractivity contribution in [2.75, 3.05) is 7.11 Å². The van der Waals surface area contributed by atoms with Crippen LogP contribution >= 0.6 is 0 Å². The summed E-state index contributed by atoms with van der Waals surface area (Å²) in [4.78, 5) is 0. The van der Waals surface area contributed by atoms with Crippen LogP contribution in [0.15, 0.2) is 18.2 Å². The SMILES string of the molecule is COc1ccc(C(C)NC2CCC(N)CC2)cc1F. The first-order valence-electron chi connectivity index (χ1n) is 6.95. The quantitative estimate of drug-likeness (QED) is 0.881. The van der Waals surface area contributed by atoms with Gasteiger partial charge in [0.15, 0.2) is 11.6 Å². The van der Waals surface area contributed by atoms with Crippen molar-refractivity contribution in [1.82, 2.24) is 5.32 Å². The Bertz CT molecular complexity index is 417. The van der Waals surface area contributed by atoms with E-state index in [9.17, 15) is 4.39 Å². The maximum Gasteiger partial charge on any atom is 0.165 e. The number of methoxy groups -OCH3 is 1. The molecule has 3 N–H and O–H groups in total. The topological polar surface area (TPSA) is 47.3 Å². The molecule has 0 bridgehead atoms. The third kappa shape index (κ3) is 3.67. The number of halogens is 1. The number of rotatable bonds is 4. The summed E-state index contributed by atoms with van der Waals surface area (Å²) in [5.41, 5.74) is 6.85. The molecule has 2 rings (SSSR count). The van der Waals surface area contributed by atoms with Gasteiger partial charge in [0.05, 0.1) is 7.11 Å². The Morgan fingerprint density at radius 3 is 2.58 bits per heavy atom. The van der Waals surface area contributed by atoms with Crippen molar-refractivity contribution in [1.29, 1.82) is 0 Å². The van der Waals surface area contributed by atoms with E-state index in [1.165, 1.54) is 7.11 Å². The smallest absolute Gasteiger partial charge is 0.165 e. The van der Waals surface area contributed by atoms with Crippen LogP contribution in [0.2, 0.25) is 0 Å². The highest BCUT2D eigenvalue weighted by Crippen LogP contribution is 2.24. The van der Waals surface area contributed by atoms with Gasteiger partial charge in [0.25, 0.3) is 0 Å². The third-order valence-corrected chi connectivity index (χ3v) is 3.93. The fraction of sp³-hybridized carbons (Fsp3) is 0.600. The Morgan fingerprint density at radius 2 is 2.00 bits per heavy atom. The summed E-state index contributed by atoms with van der Waals surface area (Å²) in [5, 5.41) is 3.56. The first-order valence-corrected chi connectivity index (χ1v) is 6.95. The van der Waals surface area contributed by atoms with E-state index in [1.54, 1.807) is 12.1 Å². The molecular formula is C15H23FN2O. The minimum atomic E-state index is -0.306. The van der Waals surface area contributed by atoms with Crippen molar-refractivity contribution in [3.63, 3.8) is 0 Å². The molecule has 1 unspecified atom stereocenters. The molecule has 1 atom stereocenters. The van der Waals surface area contributed by atoms with Crippen LogP contribution in [0.25, 0.3) is 0 Å². The lowest BCUT2D eigenvalue weighted by atomic mass is 9.91. The summed E-state index contributed by atoms with van der Waals surface area (Å²) in [6.07, 6.45) is 4.34. The molecule has 1 saturated carbocycles. The maximum atomic E-state index is 13.7. The molecule has 0 radical (unpaired) electrons. The van der Waals surface area contributed by atoms with Crippen molar-refractivity contribution in [2.45, 2.75) is 50.7 Å². The van der Waals surface area contributed by atoms with Crippen molar-refractivity contribution in [2.24, 2.45) is 5.73 Å². The molecule has 106 valence electrons. The van der Waals surface area contributed by atoms with Crippen molar-refractivity contribution in [3.05, 3.63) is 29.6 Å². The molecule has 0 amide bonds. The van der Waals surface area contributed by atoms with Crippen LogP contribution in [-0.4, -0.2) is 19.2 Å². The second-order valence-corrected chi connectivity index (χ2v) is 5.39. The largest absolute Gasteiger partial charge is 0.494 e. The summed E-state index contributed by atoms with van der Waals surface area (Å²) in [6, 6.07) is 6.12. The van der Waals surface area contributed by atoms with Gasteiger partial charge in [-0.05, 0) is 50.3 Å². The fourth-order valence-electron chi connectivity index (χ4n) is 2.69. The second-order valence-electron chi connectivity index (χ2n) is 5.39. The predicted molar refractivity (Wildman–Crippen MR) is 74.7 cm³/mol. The van der Waals surface area contributed by atoms with Crippen LogP contribution in [0.5, 0.6) is 5.75 Å². The van der Waals surface area contributed by atoms with E-state index < -0.39 is 0 Å². The highest BCUT2D eigenvalue weighted by molar-refractivity contribution is 5.30. The Labute approximate surface area is 114 Å². The zero-order valence-corrected chi connectivity index (χ0v) is 11.7. The van der Waals surface area contributed by atoms with Crippen molar-refractivity contribution < 1.29 is 9.13 Å².